The molecule has 5 nitrogen and oxygen atoms in total. The summed E-state index contributed by atoms with van der Waals surface area (Å²) in [5, 5.41) is 2.98. The number of carbonyl (C=O) groups excluding carboxylic acids is 2. The highest BCUT2D eigenvalue weighted by molar-refractivity contribution is 5.96. The number of carbonyl (C=O) groups is 2. The lowest BCUT2D eigenvalue weighted by Gasteiger charge is -2.17. The number of nitrogens with one attached hydrogen (secondary N) is 1. The maximum absolute atomic E-state index is 12.3. The summed E-state index contributed by atoms with van der Waals surface area (Å²) in [6, 6.07) is 15.2. The lowest BCUT2D eigenvalue weighted by atomic mass is 10.1. The molecule has 1 heterocycles. The number of ether oxygens (including phenoxy) is 1. The van der Waals surface area contributed by atoms with Gasteiger partial charge in [-0.2, -0.15) is 0 Å². The fourth-order valence-electron chi connectivity index (χ4n) is 3.11. The van der Waals surface area contributed by atoms with Crippen LogP contribution in [0.15, 0.2) is 48.5 Å². The number of hydrogen-bond donors (Lipinski definition) is 1. The summed E-state index contributed by atoms with van der Waals surface area (Å²) in [4.78, 5) is 26.3. The van der Waals surface area contributed by atoms with Crippen LogP contribution in [-0.2, 0) is 16.0 Å². The van der Waals surface area contributed by atoms with E-state index in [1.54, 1.807) is 4.90 Å². The first kappa shape index (κ1) is 18.0. The van der Waals surface area contributed by atoms with Gasteiger partial charge in [-0.15, -0.1) is 0 Å². The van der Waals surface area contributed by atoms with E-state index < -0.39 is 0 Å². The highest BCUT2D eigenvalue weighted by Crippen LogP contribution is 2.22. The SMILES string of the molecule is CCOc1ccc(CC(=O)N[C@H]2CC(=O)N(c3ccc(C)cc3)C2)cc1. The third-order valence-electron chi connectivity index (χ3n) is 4.43. The molecule has 2 aromatic carbocycles. The number of anilines is 1. The Labute approximate surface area is 154 Å². The quantitative estimate of drug-likeness (QED) is 0.870. The van der Waals surface area contributed by atoms with E-state index in [0.29, 0.717) is 26.0 Å². The molecule has 1 atom stereocenters. The Bertz CT molecular complexity index is 769. The average Bonchev–Trinajstić information content (AvgIpc) is 2.97. The van der Waals surface area contributed by atoms with Crippen molar-refractivity contribution in [2.75, 3.05) is 18.1 Å². The van der Waals surface area contributed by atoms with Crippen LogP contribution in [0.25, 0.3) is 0 Å². The zero-order valence-electron chi connectivity index (χ0n) is 15.2. The summed E-state index contributed by atoms with van der Waals surface area (Å²) in [5.74, 6) is 0.768. The van der Waals surface area contributed by atoms with Crippen LogP contribution in [0.4, 0.5) is 5.69 Å². The molecule has 1 aliphatic rings. The van der Waals surface area contributed by atoms with Crippen molar-refractivity contribution in [1.29, 1.82) is 0 Å². The van der Waals surface area contributed by atoms with Gasteiger partial charge in [-0.25, -0.2) is 0 Å². The van der Waals surface area contributed by atoms with Crippen molar-refractivity contribution >= 4 is 17.5 Å². The van der Waals surface area contributed by atoms with Gasteiger partial charge in [-0.3, -0.25) is 9.59 Å². The van der Waals surface area contributed by atoms with Crippen LogP contribution in [0.3, 0.4) is 0 Å². The zero-order valence-corrected chi connectivity index (χ0v) is 15.2. The number of aryl methyl sites for hydroxylation is 1. The van der Waals surface area contributed by atoms with Gasteiger partial charge < -0.3 is 15.0 Å². The highest BCUT2D eigenvalue weighted by Gasteiger charge is 2.31. The second-order valence-electron chi connectivity index (χ2n) is 6.56. The minimum Gasteiger partial charge on any atom is -0.494 e. The van der Waals surface area contributed by atoms with Gasteiger partial charge in [0.05, 0.1) is 19.1 Å². The molecule has 136 valence electrons. The Morgan fingerprint density at radius 2 is 1.85 bits per heavy atom. The van der Waals surface area contributed by atoms with Gasteiger partial charge in [0.2, 0.25) is 11.8 Å². The van der Waals surface area contributed by atoms with E-state index in [0.717, 1.165) is 22.6 Å². The molecule has 0 spiro atoms. The summed E-state index contributed by atoms with van der Waals surface area (Å²) in [6.45, 7) is 5.08. The van der Waals surface area contributed by atoms with Crippen molar-refractivity contribution in [2.45, 2.75) is 32.7 Å². The molecule has 0 unspecified atom stereocenters. The van der Waals surface area contributed by atoms with E-state index >= 15 is 0 Å². The third-order valence-corrected chi connectivity index (χ3v) is 4.43. The minimum absolute atomic E-state index is 0.0419. The number of benzene rings is 2. The van der Waals surface area contributed by atoms with Crippen LogP contribution in [0.5, 0.6) is 5.75 Å². The summed E-state index contributed by atoms with van der Waals surface area (Å²) in [5.41, 5.74) is 2.95. The third kappa shape index (κ3) is 4.42. The number of nitrogens with zero attached hydrogens (tertiary/aromatic N) is 1. The van der Waals surface area contributed by atoms with Crippen molar-refractivity contribution in [3.8, 4) is 5.75 Å². The van der Waals surface area contributed by atoms with Crippen LogP contribution >= 0.6 is 0 Å². The maximum Gasteiger partial charge on any atom is 0.229 e. The number of hydrogen-bond acceptors (Lipinski definition) is 3. The average molecular weight is 352 g/mol. The molecule has 2 aromatic rings. The predicted molar refractivity (Wildman–Crippen MR) is 101 cm³/mol. The molecule has 0 aromatic heterocycles. The van der Waals surface area contributed by atoms with Gasteiger partial charge in [-0.1, -0.05) is 29.8 Å². The van der Waals surface area contributed by atoms with E-state index in [2.05, 4.69) is 5.32 Å². The molecule has 0 bridgehead atoms. The first-order chi connectivity index (χ1) is 12.5. The van der Waals surface area contributed by atoms with E-state index in [-0.39, 0.29) is 17.9 Å². The molecule has 1 aliphatic heterocycles. The van der Waals surface area contributed by atoms with E-state index in [9.17, 15) is 9.59 Å². The van der Waals surface area contributed by atoms with Gasteiger partial charge in [0, 0.05) is 18.7 Å². The fourth-order valence-corrected chi connectivity index (χ4v) is 3.11. The van der Waals surface area contributed by atoms with Crippen LogP contribution in [0.1, 0.15) is 24.5 Å². The van der Waals surface area contributed by atoms with Crippen molar-refractivity contribution in [1.82, 2.24) is 5.32 Å². The van der Waals surface area contributed by atoms with Gasteiger partial charge in [0.25, 0.3) is 0 Å². The molecule has 0 saturated carbocycles. The Kier molecular flexibility index (Phi) is 5.56. The van der Waals surface area contributed by atoms with Gasteiger partial charge in [0.15, 0.2) is 0 Å². The predicted octanol–water partition coefficient (Wildman–Crippen LogP) is 2.86. The lowest BCUT2D eigenvalue weighted by Crippen LogP contribution is -2.38. The van der Waals surface area contributed by atoms with E-state index in [4.69, 9.17) is 4.74 Å². The van der Waals surface area contributed by atoms with E-state index in [1.807, 2.05) is 62.4 Å². The maximum atomic E-state index is 12.3. The standard InChI is InChI=1S/C21H24N2O3/c1-3-26-19-10-6-16(7-11-19)12-20(24)22-17-13-21(25)23(14-17)18-8-4-15(2)5-9-18/h4-11,17H,3,12-14H2,1-2H3,(H,22,24)/t17-/m0/s1. The van der Waals surface area contributed by atoms with E-state index in [1.165, 1.54) is 0 Å². The number of rotatable bonds is 6. The molecule has 3 rings (SSSR count). The molecule has 0 aliphatic carbocycles. The first-order valence-corrected chi connectivity index (χ1v) is 8.93. The molecule has 0 radical (unpaired) electrons. The van der Waals surface area contributed by atoms with Crippen LogP contribution in [0, 0.1) is 6.92 Å². The monoisotopic (exact) mass is 352 g/mol. The summed E-state index contributed by atoms with van der Waals surface area (Å²) in [7, 11) is 0. The highest BCUT2D eigenvalue weighted by atomic mass is 16.5. The van der Waals surface area contributed by atoms with Gasteiger partial charge >= 0.3 is 0 Å². The van der Waals surface area contributed by atoms with Gasteiger partial charge in [-0.05, 0) is 43.7 Å². The van der Waals surface area contributed by atoms with Crippen LogP contribution in [-0.4, -0.2) is 31.0 Å². The van der Waals surface area contributed by atoms with Crippen LogP contribution in [0.2, 0.25) is 0 Å². The van der Waals surface area contributed by atoms with Crippen molar-refractivity contribution < 1.29 is 14.3 Å². The number of amides is 2. The smallest absolute Gasteiger partial charge is 0.229 e. The van der Waals surface area contributed by atoms with Crippen molar-refractivity contribution in [2.24, 2.45) is 0 Å². The molecule has 2 amide bonds. The molecule has 1 N–H and O–H groups in total. The second kappa shape index (κ2) is 8.04. The normalized spacial score (nSPS) is 16.6. The Hall–Kier alpha value is -2.82. The Morgan fingerprint density at radius 1 is 1.15 bits per heavy atom. The molecule has 26 heavy (non-hydrogen) atoms. The summed E-state index contributed by atoms with van der Waals surface area (Å²) in [6.07, 6.45) is 0.629. The minimum atomic E-state index is -0.154. The second-order valence-corrected chi connectivity index (χ2v) is 6.56. The Balaban J connectivity index is 1.55. The first-order valence-electron chi connectivity index (χ1n) is 8.93. The molecule has 5 heteroatoms. The van der Waals surface area contributed by atoms with Crippen molar-refractivity contribution in [3.63, 3.8) is 0 Å². The van der Waals surface area contributed by atoms with Gasteiger partial charge in [0.1, 0.15) is 5.75 Å². The molecular formula is C21H24N2O3. The van der Waals surface area contributed by atoms with Crippen LogP contribution < -0.4 is 15.0 Å². The lowest BCUT2D eigenvalue weighted by molar-refractivity contribution is -0.121. The largest absolute Gasteiger partial charge is 0.494 e. The summed E-state index contributed by atoms with van der Waals surface area (Å²) >= 11 is 0. The van der Waals surface area contributed by atoms with Crippen molar-refractivity contribution in [3.05, 3.63) is 59.7 Å². The molecule has 1 fully saturated rings. The topological polar surface area (TPSA) is 58.6 Å². The Morgan fingerprint density at radius 3 is 2.50 bits per heavy atom. The molecular weight excluding hydrogens is 328 g/mol. The zero-order chi connectivity index (χ0) is 18.5. The summed E-state index contributed by atoms with van der Waals surface area (Å²) < 4.78 is 5.40. The fraction of sp³-hybridized carbons (Fsp3) is 0.333. The molecule has 1 saturated heterocycles.